The third kappa shape index (κ3) is 3.66. The third-order valence-corrected chi connectivity index (χ3v) is 2.75. The highest BCUT2D eigenvalue weighted by molar-refractivity contribution is 5.74. The van der Waals surface area contributed by atoms with Crippen molar-refractivity contribution < 1.29 is 4.79 Å². The van der Waals surface area contributed by atoms with Crippen molar-refractivity contribution in [2.45, 2.75) is 45.6 Å². The summed E-state index contributed by atoms with van der Waals surface area (Å²) >= 11 is 0. The molecule has 76 valence electrons. The lowest BCUT2D eigenvalue weighted by atomic mass is 9.93. The summed E-state index contributed by atoms with van der Waals surface area (Å²) in [6.45, 7) is 5.06. The largest absolute Gasteiger partial charge is 0.338 e. The van der Waals surface area contributed by atoms with E-state index in [2.05, 4.69) is 24.5 Å². The van der Waals surface area contributed by atoms with Gasteiger partial charge in [0.15, 0.2) is 0 Å². The Bertz CT molecular complexity index is 166. The Morgan fingerprint density at radius 2 is 2.23 bits per heavy atom. The Labute approximate surface area is 80.3 Å². The van der Waals surface area contributed by atoms with Crippen LogP contribution < -0.4 is 10.6 Å². The molecule has 3 nitrogen and oxygen atoms in total. The maximum Gasteiger partial charge on any atom is 0.315 e. The van der Waals surface area contributed by atoms with Crippen molar-refractivity contribution in [3.63, 3.8) is 0 Å². The minimum Gasteiger partial charge on any atom is -0.338 e. The highest BCUT2D eigenvalue weighted by atomic mass is 16.2. The lowest BCUT2D eigenvalue weighted by molar-refractivity contribution is 0.226. The number of nitrogens with one attached hydrogen (secondary N) is 2. The number of carbonyl (C=O) groups is 1. The summed E-state index contributed by atoms with van der Waals surface area (Å²) in [4.78, 5) is 11.2. The van der Waals surface area contributed by atoms with Crippen LogP contribution in [0.5, 0.6) is 0 Å². The first kappa shape index (κ1) is 10.4. The summed E-state index contributed by atoms with van der Waals surface area (Å²) in [6.07, 6.45) is 4.67. The van der Waals surface area contributed by atoms with Crippen LogP contribution >= 0.6 is 0 Å². The van der Waals surface area contributed by atoms with E-state index in [-0.39, 0.29) is 6.03 Å². The Hall–Kier alpha value is -0.730. The number of hydrogen-bond donors (Lipinski definition) is 2. The Morgan fingerprint density at radius 1 is 1.54 bits per heavy atom. The molecule has 0 radical (unpaired) electrons. The molecule has 1 unspecified atom stereocenters. The second-order valence-electron chi connectivity index (χ2n) is 4.00. The highest BCUT2D eigenvalue weighted by Crippen LogP contribution is 2.17. The zero-order valence-corrected chi connectivity index (χ0v) is 8.60. The van der Waals surface area contributed by atoms with E-state index in [4.69, 9.17) is 0 Å². The van der Waals surface area contributed by atoms with Crippen molar-refractivity contribution in [2.24, 2.45) is 5.92 Å². The van der Waals surface area contributed by atoms with Crippen molar-refractivity contribution in [1.29, 1.82) is 0 Å². The normalized spacial score (nSPS) is 18.9. The fourth-order valence-corrected chi connectivity index (χ4v) is 1.20. The minimum absolute atomic E-state index is 0.00463. The molecule has 1 fully saturated rings. The van der Waals surface area contributed by atoms with E-state index in [9.17, 15) is 4.79 Å². The van der Waals surface area contributed by atoms with E-state index < -0.39 is 0 Å². The van der Waals surface area contributed by atoms with Crippen LogP contribution in [0, 0.1) is 5.92 Å². The second kappa shape index (κ2) is 5.10. The molecule has 0 bridgehead atoms. The summed E-state index contributed by atoms with van der Waals surface area (Å²) in [5.41, 5.74) is 0. The summed E-state index contributed by atoms with van der Waals surface area (Å²) in [5, 5.41) is 5.83. The lowest BCUT2D eigenvalue weighted by Gasteiger charge is -2.26. The van der Waals surface area contributed by atoms with Crippen LogP contribution in [0.2, 0.25) is 0 Å². The van der Waals surface area contributed by atoms with Crippen molar-refractivity contribution >= 4 is 6.03 Å². The average Bonchev–Trinajstić information content (AvgIpc) is 2.07. The van der Waals surface area contributed by atoms with Crippen molar-refractivity contribution in [2.75, 3.05) is 6.54 Å². The van der Waals surface area contributed by atoms with E-state index in [0.29, 0.717) is 12.0 Å². The van der Waals surface area contributed by atoms with Crippen LogP contribution in [-0.2, 0) is 0 Å². The standard InChI is InChI=1S/C10H20N2O/c1-3-8(2)7-11-10(13)12-9-5-4-6-9/h8-9H,3-7H2,1-2H3,(H2,11,12,13). The van der Waals surface area contributed by atoms with Crippen molar-refractivity contribution in [1.82, 2.24) is 10.6 Å². The first-order valence-corrected chi connectivity index (χ1v) is 5.26. The van der Waals surface area contributed by atoms with Gasteiger partial charge >= 0.3 is 6.03 Å². The van der Waals surface area contributed by atoms with Gasteiger partial charge in [0.25, 0.3) is 0 Å². The average molecular weight is 184 g/mol. The van der Waals surface area contributed by atoms with Crippen LogP contribution in [0.4, 0.5) is 4.79 Å². The van der Waals surface area contributed by atoms with Gasteiger partial charge in [0.1, 0.15) is 0 Å². The van der Waals surface area contributed by atoms with E-state index in [1.54, 1.807) is 0 Å². The predicted molar refractivity (Wildman–Crippen MR) is 53.6 cm³/mol. The molecule has 1 aliphatic rings. The molecule has 0 aromatic rings. The molecule has 1 atom stereocenters. The van der Waals surface area contributed by atoms with Gasteiger partial charge in [0.2, 0.25) is 0 Å². The van der Waals surface area contributed by atoms with Gasteiger partial charge in [-0.15, -0.1) is 0 Å². The molecular weight excluding hydrogens is 164 g/mol. The summed E-state index contributed by atoms with van der Waals surface area (Å²) < 4.78 is 0. The quantitative estimate of drug-likeness (QED) is 0.688. The fraction of sp³-hybridized carbons (Fsp3) is 0.900. The van der Waals surface area contributed by atoms with Crippen LogP contribution in [-0.4, -0.2) is 18.6 Å². The monoisotopic (exact) mass is 184 g/mol. The Morgan fingerprint density at radius 3 is 2.69 bits per heavy atom. The molecule has 0 saturated heterocycles. The van der Waals surface area contributed by atoms with Crippen LogP contribution in [0.15, 0.2) is 0 Å². The molecule has 0 aromatic carbocycles. The first-order chi connectivity index (χ1) is 6.22. The van der Waals surface area contributed by atoms with E-state index in [1.807, 2.05) is 0 Å². The van der Waals surface area contributed by atoms with Gasteiger partial charge in [0, 0.05) is 12.6 Å². The van der Waals surface area contributed by atoms with E-state index in [1.165, 1.54) is 6.42 Å². The minimum atomic E-state index is 0.00463. The van der Waals surface area contributed by atoms with Gasteiger partial charge in [0.05, 0.1) is 0 Å². The predicted octanol–water partition coefficient (Wildman–Crippen LogP) is 1.88. The number of amides is 2. The Kier molecular flexibility index (Phi) is 4.06. The summed E-state index contributed by atoms with van der Waals surface area (Å²) in [7, 11) is 0. The van der Waals surface area contributed by atoms with Gasteiger partial charge in [-0.2, -0.15) is 0 Å². The van der Waals surface area contributed by atoms with Crippen molar-refractivity contribution in [3.05, 3.63) is 0 Å². The SMILES string of the molecule is CCC(C)CNC(=O)NC1CCC1. The number of urea groups is 1. The molecule has 2 N–H and O–H groups in total. The molecule has 0 aliphatic heterocycles. The van der Waals surface area contributed by atoms with Gasteiger partial charge in [-0.25, -0.2) is 4.79 Å². The molecule has 2 amide bonds. The van der Waals surface area contributed by atoms with Gasteiger partial charge in [-0.3, -0.25) is 0 Å². The van der Waals surface area contributed by atoms with E-state index in [0.717, 1.165) is 25.8 Å². The van der Waals surface area contributed by atoms with Crippen LogP contribution in [0.1, 0.15) is 39.5 Å². The molecule has 0 aromatic heterocycles. The van der Waals surface area contributed by atoms with Gasteiger partial charge < -0.3 is 10.6 Å². The highest BCUT2D eigenvalue weighted by Gasteiger charge is 2.18. The smallest absolute Gasteiger partial charge is 0.315 e. The number of rotatable bonds is 4. The van der Waals surface area contributed by atoms with Gasteiger partial charge in [-0.05, 0) is 25.2 Å². The fourth-order valence-electron chi connectivity index (χ4n) is 1.20. The molecule has 0 heterocycles. The summed E-state index contributed by atoms with van der Waals surface area (Å²) in [6, 6.07) is 0.446. The second-order valence-corrected chi connectivity index (χ2v) is 4.00. The molecule has 3 heteroatoms. The summed E-state index contributed by atoms with van der Waals surface area (Å²) in [5.74, 6) is 0.576. The molecule has 1 aliphatic carbocycles. The molecule has 0 spiro atoms. The lowest BCUT2D eigenvalue weighted by Crippen LogP contribution is -2.46. The molecular formula is C10H20N2O. The molecule has 1 saturated carbocycles. The number of carbonyl (C=O) groups excluding carboxylic acids is 1. The van der Waals surface area contributed by atoms with Gasteiger partial charge in [-0.1, -0.05) is 20.3 Å². The third-order valence-electron chi connectivity index (χ3n) is 2.75. The van der Waals surface area contributed by atoms with E-state index >= 15 is 0 Å². The number of hydrogen-bond acceptors (Lipinski definition) is 1. The van der Waals surface area contributed by atoms with Crippen molar-refractivity contribution in [3.8, 4) is 0 Å². The zero-order chi connectivity index (χ0) is 9.68. The Balaban J connectivity index is 2.03. The zero-order valence-electron chi connectivity index (χ0n) is 8.60. The van der Waals surface area contributed by atoms with Crippen LogP contribution in [0.25, 0.3) is 0 Å². The topological polar surface area (TPSA) is 41.1 Å². The molecule has 13 heavy (non-hydrogen) atoms. The van der Waals surface area contributed by atoms with Crippen LogP contribution in [0.3, 0.4) is 0 Å². The maximum atomic E-state index is 11.2. The maximum absolute atomic E-state index is 11.2. The first-order valence-electron chi connectivity index (χ1n) is 5.26. The molecule has 1 rings (SSSR count).